The minimum absolute atomic E-state index is 0.0441. The third-order valence-electron chi connectivity index (χ3n) is 2.97. The Labute approximate surface area is 145 Å². The van der Waals surface area contributed by atoms with Crippen LogP contribution in [-0.4, -0.2) is 14.9 Å². The van der Waals surface area contributed by atoms with E-state index in [1.807, 2.05) is 0 Å². The van der Waals surface area contributed by atoms with Gasteiger partial charge in [-0.25, -0.2) is 9.37 Å². The monoisotopic (exact) mass is 361 g/mol. The lowest BCUT2D eigenvalue weighted by molar-refractivity contribution is -0.384. The van der Waals surface area contributed by atoms with Crippen molar-refractivity contribution >= 4 is 17.3 Å². The minimum atomic E-state index is -0.566. The summed E-state index contributed by atoms with van der Waals surface area (Å²) in [7, 11) is 0. The molecule has 0 fully saturated rings. The lowest BCUT2D eigenvalue weighted by Crippen LogP contribution is -1.95. The summed E-state index contributed by atoms with van der Waals surface area (Å²) in [5.41, 5.74) is -0.160. The van der Waals surface area contributed by atoms with E-state index in [4.69, 9.17) is 21.1 Å². The van der Waals surface area contributed by atoms with Gasteiger partial charge < -0.3 is 9.47 Å². The Balaban J connectivity index is 1.77. The van der Waals surface area contributed by atoms with Crippen LogP contribution >= 0.6 is 11.6 Å². The van der Waals surface area contributed by atoms with E-state index >= 15 is 0 Å². The summed E-state index contributed by atoms with van der Waals surface area (Å²) in [4.78, 5) is 18.1. The Morgan fingerprint density at radius 2 is 1.84 bits per heavy atom. The summed E-state index contributed by atoms with van der Waals surface area (Å²) in [6.45, 7) is 0. The van der Waals surface area contributed by atoms with Crippen LogP contribution in [0.3, 0.4) is 0 Å². The van der Waals surface area contributed by atoms with E-state index in [-0.39, 0.29) is 34.2 Å². The highest BCUT2D eigenvalue weighted by Gasteiger charge is 2.12. The first kappa shape index (κ1) is 16.6. The molecular weight excluding hydrogens is 353 g/mol. The summed E-state index contributed by atoms with van der Waals surface area (Å²) in [5.74, 6) is 0.340. The topological polar surface area (TPSA) is 87.4 Å². The van der Waals surface area contributed by atoms with E-state index in [1.165, 1.54) is 48.7 Å². The van der Waals surface area contributed by atoms with Crippen molar-refractivity contribution in [3.8, 4) is 23.4 Å². The molecule has 0 N–H and O–H groups in total. The number of hydrogen-bond acceptors (Lipinski definition) is 6. The van der Waals surface area contributed by atoms with Gasteiger partial charge in [0.2, 0.25) is 5.88 Å². The molecule has 0 radical (unpaired) electrons. The van der Waals surface area contributed by atoms with Gasteiger partial charge >= 0.3 is 6.01 Å². The van der Waals surface area contributed by atoms with Crippen molar-refractivity contribution in [3.05, 3.63) is 75.7 Å². The molecule has 7 nitrogen and oxygen atoms in total. The molecule has 3 rings (SSSR count). The molecule has 1 aromatic heterocycles. The van der Waals surface area contributed by atoms with Crippen LogP contribution in [0.2, 0.25) is 5.02 Å². The molecule has 0 saturated carbocycles. The molecule has 0 atom stereocenters. The summed E-state index contributed by atoms with van der Waals surface area (Å²) in [6.07, 6.45) is 1.40. The quantitative estimate of drug-likeness (QED) is 0.481. The zero-order valence-electron chi connectivity index (χ0n) is 12.4. The second kappa shape index (κ2) is 7.10. The number of hydrogen-bond donors (Lipinski definition) is 0. The normalized spacial score (nSPS) is 10.3. The van der Waals surface area contributed by atoms with Crippen LogP contribution < -0.4 is 9.47 Å². The van der Waals surface area contributed by atoms with Crippen molar-refractivity contribution in [2.45, 2.75) is 0 Å². The lowest BCUT2D eigenvalue weighted by Gasteiger charge is -2.08. The molecule has 25 heavy (non-hydrogen) atoms. The van der Waals surface area contributed by atoms with Gasteiger partial charge in [-0.15, -0.1) is 0 Å². The maximum absolute atomic E-state index is 12.9. The van der Waals surface area contributed by atoms with Crippen molar-refractivity contribution in [3.63, 3.8) is 0 Å². The van der Waals surface area contributed by atoms with Gasteiger partial charge in [-0.2, -0.15) is 4.98 Å². The fourth-order valence-corrected chi connectivity index (χ4v) is 2.05. The molecule has 126 valence electrons. The number of nitrogens with zero attached hydrogens (tertiary/aromatic N) is 3. The van der Waals surface area contributed by atoms with Crippen molar-refractivity contribution in [1.82, 2.24) is 9.97 Å². The van der Waals surface area contributed by atoms with Crippen LogP contribution in [0.5, 0.6) is 23.4 Å². The standard InChI is InChI=1S/C16H9ClFN3O4/c17-13-9-11(21(22)23)3-6-14(13)25-16-19-8-7-15(20-16)24-12-4-1-10(18)2-5-12/h1-9H. The summed E-state index contributed by atoms with van der Waals surface area (Å²) in [5, 5.41) is 10.7. The van der Waals surface area contributed by atoms with Crippen LogP contribution in [0.1, 0.15) is 0 Å². The smallest absolute Gasteiger partial charge is 0.325 e. The molecule has 0 aliphatic heterocycles. The molecule has 1 heterocycles. The van der Waals surface area contributed by atoms with Gasteiger partial charge in [0.15, 0.2) is 0 Å². The number of non-ortho nitro benzene ring substituents is 1. The molecule has 2 aromatic carbocycles. The van der Waals surface area contributed by atoms with Crippen molar-refractivity contribution in [1.29, 1.82) is 0 Å². The third-order valence-corrected chi connectivity index (χ3v) is 3.27. The van der Waals surface area contributed by atoms with Crippen molar-refractivity contribution < 1.29 is 18.8 Å². The lowest BCUT2D eigenvalue weighted by atomic mass is 10.3. The Bertz CT molecular complexity index is 922. The second-order valence-electron chi connectivity index (χ2n) is 4.71. The highest BCUT2D eigenvalue weighted by Crippen LogP contribution is 2.31. The SMILES string of the molecule is O=[N+]([O-])c1ccc(Oc2nccc(Oc3ccc(F)cc3)n2)c(Cl)c1. The molecule has 3 aromatic rings. The third kappa shape index (κ3) is 4.18. The number of nitro benzene ring substituents is 1. The fraction of sp³-hybridized carbons (Fsp3) is 0. The first-order valence-electron chi connectivity index (χ1n) is 6.89. The zero-order valence-corrected chi connectivity index (χ0v) is 13.2. The Kier molecular flexibility index (Phi) is 4.71. The van der Waals surface area contributed by atoms with E-state index in [2.05, 4.69) is 9.97 Å². The first-order valence-corrected chi connectivity index (χ1v) is 7.27. The molecular formula is C16H9ClFN3O4. The summed E-state index contributed by atoms with van der Waals surface area (Å²) < 4.78 is 23.8. The molecule has 0 aliphatic carbocycles. The molecule has 0 aliphatic rings. The second-order valence-corrected chi connectivity index (χ2v) is 5.11. The Morgan fingerprint density at radius 1 is 1.08 bits per heavy atom. The van der Waals surface area contributed by atoms with Crippen LogP contribution in [0, 0.1) is 15.9 Å². The predicted molar refractivity (Wildman–Crippen MR) is 86.7 cm³/mol. The van der Waals surface area contributed by atoms with Crippen LogP contribution in [-0.2, 0) is 0 Å². The summed E-state index contributed by atoms with van der Waals surface area (Å²) >= 11 is 5.96. The summed E-state index contributed by atoms with van der Waals surface area (Å²) in [6, 6.07) is 10.6. The van der Waals surface area contributed by atoms with E-state index in [0.29, 0.717) is 5.75 Å². The van der Waals surface area contributed by atoms with Crippen molar-refractivity contribution in [2.24, 2.45) is 0 Å². The van der Waals surface area contributed by atoms with Gasteiger partial charge in [-0.1, -0.05) is 11.6 Å². The Hall–Kier alpha value is -3.26. The molecule has 9 heteroatoms. The van der Waals surface area contributed by atoms with Gasteiger partial charge in [-0.3, -0.25) is 10.1 Å². The van der Waals surface area contributed by atoms with Crippen LogP contribution in [0.25, 0.3) is 0 Å². The van der Waals surface area contributed by atoms with Gasteiger partial charge in [0.25, 0.3) is 5.69 Å². The van der Waals surface area contributed by atoms with E-state index < -0.39 is 4.92 Å². The zero-order chi connectivity index (χ0) is 17.8. The van der Waals surface area contributed by atoms with Crippen LogP contribution in [0.15, 0.2) is 54.7 Å². The number of rotatable bonds is 5. The Morgan fingerprint density at radius 3 is 2.52 bits per heavy atom. The van der Waals surface area contributed by atoms with Gasteiger partial charge in [-0.05, 0) is 30.3 Å². The van der Waals surface area contributed by atoms with E-state index in [9.17, 15) is 14.5 Å². The fourth-order valence-electron chi connectivity index (χ4n) is 1.84. The number of ether oxygens (including phenoxy) is 2. The molecule has 0 unspecified atom stereocenters. The van der Waals surface area contributed by atoms with Gasteiger partial charge in [0.1, 0.15) is 17.3 Å². The van der Waals surface area contributed by atoms with Crippen molar-refractivity contribution in [2.75, 3.05) is 0 Å². The van der Waals surface area contributed by atoms with Gasteiger partial charge in [0.05, 0.1) is 9.95 Å². The maximum atomic E-state index is 12.9. The minimum Gasteiger partial charge on any atom is -0.439 e. The predicted octanol–water partition coefficient (Wildman–Crippen LogP) is 4.76. The molecule has 0 spiro atoms. The number of halogens is 2. The maximum Gasteiger partial charge on any atom is 0.325 e. The number of aromatic nitrogens is 2. The first-order chi connectivity index (χ1) is 12.0. The molecule has 0 amide bonds. The van der Waals surface area contributed by atoms with Gasteiger partial charge in [0, 0.05) is 24.4 Å². The highest BCUT2D eigenvalue weighted by molar-refractivity contribution is 6.32. The van der Waals surface area contributed by atoms with E-state index in [1.54, 1.807) is 0 Å². The van der Waals surface area contributed by atoms with Crippen LogP contribution in [0.4, 0.5) is 10.1 Å². The molecule has 0 bridgehead atoms. The average Bonchev–Trinajstić information content (AvgIpc) is 2.59. The average molecular weight is 362 g/mol. The number of nitro groups is 1. The number of benzene rings is 2. The highest BCUT2D eigenvalue weighted by atomic mass is 35.5. The largest absolute Gasteiger partial charge is 0.439 e. The van der Waals surface area contributed by atoms with E-state index in [0.717, 1.165) is 6.07 Å². The molecule has 0 saturated heterocycles.